The van der Waals surface area contributed by atoms with Gasteiger partial charge in [-0.05, 0) is 44.4 Å². The Bertz CT molecular complexity index is 228. The van der Waals surface area contributed by atoms with E-state index in [0.717, 1.165) is 18.2 Å². The first-order valence-corrected chi connectivity index (χ1v) is 14.8. The molecule has 0 bridgehead atoms. The van der Waals surface area contributed by atoms with E-state index in [1.165, 1.54) is 0 Å². The number of hydrogen-bond acceptors (Lipinski definition) is 5. The van der Waals surface area contributed by atoms with Crippen molar-refractivity contribution < 1.29 is 16.5 Å². The maximum absolute atomic E-state index is 6.11. The lowest BCUT2D eigenvalue weighted by atomic mass is 10.6. The molecule has 0 aromatic carbocycles. The molecule has 0 aromatic rings. The van der Waals surface area contributed by atoms with Crippen LogP contribution in [-0.4, -0.2) is 42.2 Å². The highest BCUT2D eigenvalue weighted by Crippen LogP contribution is 2.21. The summed E-state index contributed by atoms with van der Waals surface area (Å²) in [6.45, 7) is 8.30. The van der Waals surface area contributed by atoms with Crippen LogP contribution in [0.1, 0.15) is 6.42 Å². The van der Waals surface area contributed by atoms with Gasteiger partial charge in [0.2, 0.25) is 0 Å². The first kappa shape index (κ1) is 15.1. The highest BCUT2D eigenvalue weighted by atomic mass is 32.1. The molecule has 9 heteroatoms. The van der Waals surface area contributed by atoms with Crippen LogP contribution >= 0.6 is 12.6 Å². The zero-order valence-electron chi connectivity index (χ0n) is 10.5. The SMILES string of the molecule is C[Si]1(C)O[SiH2]O[SiH](CCCS)O[Si](C)(C)O1. The summed E-state index contributed by atoms with van der Waals surface area (Å²) in [5.41, 5.74) is 0. The Morgan fingerprint density at radius 3 is 2.50 bits per heavy atom. The van der Waals surface area contributed by atoms with Crippen LogP contribution in [-0.2, 0) is 16.5 Å². The molecule has 0 radical (unpaired) electrons. The summed E-state index contributed by atoms with van der Waals surface area (Å²) >= 11 is 4.22. The molecule has 16 heavy (non-hydrogen) atoms. The lowest BCUT2D eigenvalue weighted by Gasteiger charge is -2.38. The van der Waals surface area contributed by atoms with Gasteiger partial charge in [0.1, 0.15) is 0 Å². The van der Waals surface area contributed by atoms with E-state index < -0.39 is 36.4 Å². The fourth-order valence-corrected chi connectivity index (χ4v) is 16.0. The van der Waals surface area contributed by atoms with Crippen LogP contribution < -0.4 is 0 Å². The van der Waals surface area contributed by atoms with Gasteiger partial charge in [-0.2, -0.15) is 12.6 Å². The molecule has 0 aromatic heterocycles. The summed E-state index contributed by atoms with van der Waals surface area (Å²) in [6.07, 6.45) is 1.06. The van der Waals surface area contributed by atoms with Gasteiger partial charge < -0.3 is 16.5 Å². The summed E-state index contributed by atoms with van der Waals surface area (Å²) in [4.78, 5) is 0. The maximum Gasteiger partial charge on any atom is 0.313 e. The molecule has 1 saturated heterocycles. The van der Waals surface area contributed by atoms with Gasteiger partial charge in [-0.3, -0.25) is 0 Å². The lowest BCUT2D eigenvalue weighted by Crippen LogP contribution is -2.55. The highest BCUT2D eigenvalue weighted by Gasteiger charge is 2.40. The monoisotopic (exact) mass is 314 g/mol. The Balaban J connectivity index is 2.56. The van der Waals surface area contributed by atoms with Crippen LogP contribution in [0.3, 0.4) is 0 Å². The predicted molar refractivity (Wildman–Crippen MR) is 78.3 cm³/mol. The van der Waals surface area contributed by atoms with E-state index in [-0.39, 0.29) is 0 Å². The predicted octanol–water partition coefficient (Wildman–Crippen LogP) is 1.01. The van der Waals surface area contributed by atoms with Crippen molar-refractivity contribution in [3.8, 4) is 0 Å². The van der Waals surface area contributed by atoms with E-state index in [9.17, 15) is 0 Å². The Labute approximate surface area is 110 Å². The Kier molecular flexibility index (Phi) is 5.94. The van der Waals surface area contributed by atoms with Gasteiger partial charge >= 0.3 is 26.4 Å². The Morgan fingerprint density at radius 1 is 1.19 bits per heavy atom. The molecule has 1 aliphatic heterocycles. The molecule has 0 amide bonds. The third-order valence-corrected chi connectivity index (χ3v) is 15.9. The normalized spacial score (nSPS) is 30.9. The van der Waals surface area contributed by atoms with Gasteiger partial charge in [0.25, 0.3) is 10.0 Å². The molecule has 1 heterocycles. The summed E-state index contributed by atoms with van der Waals surface area (Å²) in [6, 6.07) is 1.02. The molecule has 0 spiro atoms. The standard InChI is InChI=1S/C7H22O4SSi4/c1-15(2)9-13-8-14(7-5-6-12)10-16(3,4)11-15/h12,14H,5-7,13H2,1-4H3. The van der Waals surface area contributed by atoms with Crippen molar-refractivity contribution in [1.82, 2.24) is 0 Å². The van der Waals surface area contributed by atoms with Crippen LogP contribution in [0.15, 0.2) is 0 Å². The van der Waals surface area contributed by atoms with Crippen molar-refractivity contribution >= 4 is 49.0 Å². The second-order valence-corrected chi connectivity index (χ2v) is 16.7. The van der Waals surface area contributed by atoms with Crippen LogP contribution in [0, 0.1) is 0 Å². The van der Waals surface area contributed by atoms with Gasteiger partial charge in [-0.25, -0.2) is 0 Å². The van der Waals surface area contributed by atoms with Crippen molar-refractivity contribution in [3.05, 3.63) is 0 Å². The average molecular weight is 315 g/mol. The van der Waals surface area contributed by atoms with E-state index in [1.807, 2.05) is 0 Å². The van der Waals surface area contributed by atoms with Gasteiger partial charge in [-0.1, -0.05) is 0 Å². The summed E-state index contributed by atoms with van der Waals surface area (Å²) in [5, 5.41) is 0. The third-order valence-electron chi connectivity index (χ3n) is 2.17. The Hall–Kier alpha value is 1.06. The van der Waals surface area contributed by atoms with Crippen LogP contribution in [0.5, 0.6) is 0 Å². The van der Waals surface area contributed by atoms with Gasteiger partial charge in [0.05, 0.1) is 0 Å². The maximum atomic E-state index is 6.11. The molecule has 0 aliphatic carbocycles. The molecule has 0 saturated carbocycles. The zero-order valence-corrected chi connectivity index (χ0v) is 15.9. The van der Waals surface area contributed by atoms with Crippen LogP contribution in [0.2, 0.25) is 32.2 Å². The second-order valence-electron chi connectivity index (χ2n) is 4.74. The van der Waals surface area contributed by atoms with Crippen LogP contribution in [0.4, 0.5) is 0 Å². The van der Waals surface area contributed by atoms with Crippen LogP contribution in [0.25, 0.3) is 0 Å². The topological polar surface area (TPSA) is 36.9 Å². The van der Waals surface area contributed by atoms with Gasteiger partial charge in [0.15, 0.2) is 0 Å². The van der Waals surface area contributed by atoms with E-state index in [1.54, 1.807) is 0 Å². The van der Waals surface area contributed by atoms with E-state index in [0.29, 0.717) is 0 Å². The molecule has 1 unspecified atom stereocenters. The molecule has 1 rings (SSSR count). The van der Waals surface area contributed by atoms with Crippen molar-refractivity contribution in [2.45, 2.75) is 38.7 Å². The first-order chi connectivity index (χ1) is 7.35. The smallest absolute Gasteiger partial charge is 0.313 e. The average Bonchev–Trinajstić information content (AvgIpc) is 2.09. The molecular formula is C7H22O4SSi4. The van der Waals surface area contributed by atoms with Crippen molar-refractivity contribution in [3.63, 3.8) is 0 Å². The van der Waals surface area contributed by atoms with Crippen molar-refractivity contribution in [2.75, 3.05) is 5.75 Å². The molecule has 1 atom stereocenters. The number of hydrogen-bond donors (Lipinski definition) is 1. The van der Waals surface area contributed by atoms with Gasteiger partial charge in [-0.15, -0.1) is 0 Å². The fourth-order valence-electron chi connectivity index (χ4n) is 1.65. The number of rotatable bonds is 3. The summed E-state index contributed by atoms with van der Waals surface area (Å²) < 4.78 is 23.9. The molecule has 96 valence electrons. The second kappa shape index (κ2) is 6.29. The zero-order chi connectivity index (χ0) is 12.2. The van der Waals surface area contributed by atoms with E-state index >= 15 is 0 Å². The molecular weight excluding hydrogens is 292 g/mol. The largest absolute Gasteiger partial charge is 0.422 e. The van der Waals surface area contributed by atoms with E-state index in [2.05, 4.69) is 38.8 Å². The van der Waals surface area contributed by atoms with Crippen molar-refractivity contribution in [2.24, 2.45) is 0 Å². The van der Waals surface area contributed by atoms with E-state index in [4.69, 9.17) is 16.5 Å². The van der Waals surface area contributed by atoms with Gasteiger partial charge in [0, 0.05) is 0 Å². The number of thiol groups is 1. The molecule has 1 fully saturated rings. The fraction of sp³-hybridized carbons (Fsp3) is 1.00. The minimum absolute atomic E-state index is 0.891. The molecule has 1 aliphatic rings. The highest BCUT2D eigenvalue weighted by molar-refractivity contribution is 7.80. The minimum atomic E-state index is -2.05. The summed E-state index contributed by atoms with van der Waals surface area (Å²) in [5.74, 6) is 0.891. The Morgan fingerprint density at radius 2 is 1.88 bits per heavy atom. The molecule has 0 N–H and O–H groups in total. The quantitative estimate of drug-likeness (QED) is 0.623. The molecule has 4 nitrogen and oxygen atoms in total. The minimum Gasteiger partial charge on any atom is -0.422 e. The van der Waals surface area contributed by atoms with Crippen molar-refractivity contribution in [1.29, 1.82) is 0 Å². The third kappa shape index (κ3) is 5.60. The first-order valence-electron chi connectivity index (χ1n) is 5.59. The lowest BCUT2D eigenvalue weighted by molar-refractivity contribution is 0.271. The summed E-state index contributed by atoms with van der Waals surface area (Å²) in [7, 11) is -6.50.